The highest BCUT2D eigenvalue weighted by Gasteiger charge is 2.23. The number of anilines is 1. The summed E-state index contributed by atoms with van der Waals surface area (Å²) in [6.45, 7) is 1.97. The average molecular weight is 445 g/mol. The van der Waals surface area contributed by atoms with Gasteiger partial charge in [0.15, 0.2) is 11.0 Å². The van der Waals surface area contributed by atoms with Gasteiger partial charge in [-0.25, -0.2) is 0 Å². The maximum Gasteiger partial charge on any atom is 0.258 e. The van der Waals surface area contributed by atoms with Crippen molar-refractivity contribution in [2.45, 2.75) is 23.8 Å². The number of benzene rings is 1. The lowest BCUT2D eigenvalue weighted by molar-refractivity contribution is 0.425. The molecule has 0 bridgehead atoms. The van der Waals surface area contributed by atoms with Crippen LogP contribution in [0.1, 0.15) is 18.7 Å². The Kier molecular flexibility index (Phi) is 5.26. The highest BCUT2D eigenvalue weighted by molar-refractivity contribution is 7.98. The molecule has 1 aliphatic heterocycles. The molecule has 1 aromatic carbocycles. The third-order valence-corrected chi connectivity index (χ3v) is 6.48. The van der Waals surface area contributed by atoms with Crippen molar-refractivity contribution in [3.63, 3.8) is 0 Å². The van der Waals surface area contributed by atoms with Gasteiger partial charge >= 0.3 is 0 Å². The number of aromatic nitrogens is 5. The van der Waals surface area contributed by atoms with E-state index in [0.717, 1.165) is 35.4 Å². The number of thiophene rings is 1. The summed E-state index contributed by atoms with van der Waals surface area (Å²) in [4.78, 5) is 6.75. The molecule has 29 heavy (non-hydrogen) atoms. The largest absolute Gasteiger partial charge is 0.341 e. The van der Waals surface area contributed by atoms with Gasteiger partial charge in [-0.15, -0.1) is 10.2 Å². The zero-order valence-electron chi connectivity index (χ0n) is 15.4. The Hall–Kier alpha value is -2.36. The maximum absolute atomic E-state index is 6.24. The first kappa shape index (κ1) is 18.7. The fraction of sp³-hybridized carbons (Fsp3) is 0.263. The molecule has 10 heteroatoms. The van der Waals surface area contributed by atoms with Crippen LogP contribution in [0.15, 0.2) is 50.8 Å². The predicted octanol–water partition coefficient (Wildman–Crippen LogP) is 4.92. The second kappa shape index (κ2) is 8.17. The first-order valence-corrected chi connectivity index (χ1v) is 11.5. The number of halogens is 1. The molecule has 4 aromatic rings. The van der Waals surface area contributed by atoms with E-state index in [1.165, 1.54) is 24.6 Å². The minimum atomic E-state index is 0.534. The molecule has 4 heterocycles. The standard InChI is InChI=1S/C19H17ClN6OS2/c20-14-4-3-5-15(10-14)26-18(25-7-1-2-8-25)22-23-19(26)29-12-16-21-17(27-24-16)13-6-9-28-11-13/h3-6,9-11H,1-2,7-8,12H2. The van der Waals surface area contributed by atoms with Crippen LogP contribution >= 0.6 is 34.7 Å². The van der Waals surface area contributed by atoms with E-state index in [9.17, 15) is 0 Å². The molecule has 0 spiro atoms. The summed E-state index contributed by atoms with van der Waals surface area (Å²) in [5.74, 6) is 2.54. The van der Waals surface area contributed by atoms with Crippen LogP contribution in [-0.2, 0) is 5.75 Å². The molecule has 148 valence electrons. The van der Waals surface area contributed by atoms with Gasteiger partial charge in [0.25, 0.3) is 5.89 Å². The molecule has 1 saturated heterocycles. The molecule has 3 aromatic heterocycles. The Labute approximate surface area is 180 Å². The Morgan fingerprint density at radius 1 is 1.17 bits per heavy atom. The van der Waals surface area contributed by atoms with Crippen LogP contribution in [0, 0.1) is 0 Å². The summed E-state index contributed by atoms with van der Waals surface area (Å²) >= 11 is 9.37. The molecule has 0 unspecified atom stereocenters. The van der Waals surface area contributed by atoms with E-state index >= 15 is 0 Å². The first-order chi connectivity index (χ1) is 14.3. The van der Waals surface area contributed by atoms with Crippen LogP contribution in [-0.4, -0.2) is 38.0 Å². The summed E-state index contributed by atoms with van der Waals surface area (Å²) in [5, 5.41) is 18.4. The van der Waals surface area contributed by atoms with Crippen LogP contribution in [0.25, 0.3) is 17.1 Å². The number of nitrogens with zero attached hydrogens (tertiary/aromatic N) is 6. The lowest BCUT2D eigenvalue weighted by Crippen LogP contribution is -2.22. The van der Waals surface area contributed by atoms with Gasteiger partial charge in [-0.2, -0.15) is 16.3 Å². The highest BCUT2D eigenvalue weighted by Crippen LogP contribution is 2.31. The molecule has 7 nitrogen and oxygen atoms in total. The van der Waals surface area contributed by atoms with E-state index < -0.39 is 0 Å². The van der Waals surface area contributed by atoms with Crippen LogP contribution in [0.3, 0.4) is 0 Å². The maximum atomic E-state index is 6.24. The Morgan fingerprint density at radius 2 is 2.07 bits per heavy atom. The van der Waals surface area contributed by atoms with E-state index in [2.05, 4.69) is 29.8 Å². The van der Waals surface area contributed by atoms with Gasteiger partial charge in [0, 0.05) is 23.5 Å². The second-order valence-electron chi connectivity index (χ2n) is 6.61. The van der Waals surface area contributed by atoms with Crippen molar-refractivity contribution >= 4 is 40.6 Å². The first-order valence-electron chi connectivity index (χ1n) is 9.22. The molecule has 0 N–H and O–H groups in total. The van der Waals surface area contributed by atoms with Crippen molar-refractivity contribution in [2.75, 3.05) is 18.0 Å². The summed E-state index contributed by atoms with van der Waals surface area (Å²) in [6, 6.07) is 9.71. The lowest BCUT2D eigenvalue weighted by Gasteiger charge is -2.18. The fourth-order valence-corrected chi connectivity index (χ4v) is 4.87. The zero-order chi connectivity index (χ0) is 19.6. The van der Waals surface area contributed by atoms with Crippen molar-refractivity contribution in [1.82, 2.24) is 24.9 Å². The van der Waals surface area contributed by atoms with Gasteiger partial charge in [-0.1, -0.05) is 34.6 Å². The van der Waals surface area contributed by atoms with Crippen molar-refractivity contribution in [1.29, 1.82) is 0 Å². The molecular formula is C19H17ClN6OS2. The Balaban J connectivity index is 1.42. The molecule has 0 aliphatic carbocycles. The third kappa shape index (κ3) is 3.90. The van der Waals surface area contributed by atoms with Crippen molar-refractivity contribution in [3.05, 3.63) is 51.9 Å². The number of thioether (sulfide) groups is 1. The van der Waals surface area contributed by atoms with E-state index in [1.807, 2.05) is 41.1 Å². The average Bonchev–Trinajstić information content (AvgIpc) is 3.53. The number of rotatable bonds is 6. The molecule has 1 aliphatic rings. The molecular weight excluding hydrogens is 428 g/mol. The van der Waals surface area contributed by atoms with Gasteiger partial charge in [0.2, 0.25) is 5.95 Å². The van der Waals surface area contributed by atoms with Gasteiger partial charge in [0.1, 0.15) is 0 Å². The molecule has 0 amide bonds. The van der Waals surface area contributed by atoms with E-state index in [0.29, 0.717) is 22.5 Å². The van der Waals surface area contributed by atoms with Crippen LogP contribution in [0.4, 0.5) is 5.95 Å². The molecule has 0 radical (unpaired) electrons. The third-order valence-electron chi connectivity index (χ3n) is 4.64. The van der Waals surface area contributed by atoms with Crippen molar-refractivity contribution < 1.29 is 4.52 Å². The van der Waals surface area contributed by atoms with Crippen LogP contribution in [0.2, 0.25) is 5.02 Å². The molecule has 0 atom stereocenters. The van der Waals surface area contributed by atoms with Gasteiger partial charge in [0.05, 0.1) is 17.0 Å². The SMILES string of the molecule is Clc1cccc(-n2c(SCc3noc(-c4ccsc4)n3)nnc2N2CCCC2)c1. The predicted molar refractivity (Wildman–Crippen MR) is 115 cm³/mol. The summed E-state index contributed by atoms with van der Waals surface area (Å²) in [7, 11) is 0. The van der Waals surface area contributed by atoms with Gasteiger partial charge < -0.3 is 9.42 Å². The topological polar surface area (TPSA) is 72.9 Å². The van der Waals surface area contributed by atoms with E-state index in [4.69, 9.17) is 16.1 Å². The van der Waals surface area contributed by atoms with E-state index in [1.54, 1.807) is 11.3 Å². The van der Waals surface area contributed by atoms with Crippen molar-refractivity contribution in [2.24, 2.45) is 0 Å². The Bertz CT molecular complexity index is 1100. The highest BCUT2D eigenvalue weighted by atomic mass is 35.5. The Morgan fingerprint density at radius 3 is 2.86 bits per heavy atom. The van der Waals surface area contributed by atoms with Gasteiger partial charge in [-0.3, -0.25) is 4.57 Å². The van der Waals surface area contributed by atoms with Crippen molar-refractivity contribution in [3.8, 4) is 17.1 Å². The normalized spacial score (nSPS) is 14.0. The monoisotopic (exact) mass is 444 g/mol. The van der Waals surface area contributed by atoms with Crippen LogP contribution < -0.4 is 4.90 Å². The zero-order valence-corrected chi connectivity index (χ0v) is 17.8. The molecule has 1 fully saturated rings. The van der Waals surface area contributed by atoms with E-state index in [-0.39, 0.29) is 0 Å². The number of hydrogen-bond donors (Lipinski definition) is 0. The number of hydrogen-bond acceptors (Lipinski definition) is 8. The van der Waals surface area contributed by atoms with Gasteiger partial charge in [-0.05, 0) is 42.5 Å². The molecule has 0 saturated carbocycles. The minimum absolute atomic E-state index is 0.534. The summed E-state index contributed by atoms with van der Waals surface area (Å²) in [5.41, 5.74) is 1.89. The van der Waals surface area contributed by atoms with Crippen LogP contribution in [0.5, 0.6) is 0 Å². The minimum Gasteiger partial charge on any atom is -0.341 e. The fourth-order valence-electron chi connectivity index (χ4n) is 3.26. The quantitative estimate of drug-likeness (QED) is 0.390. The molecule has 5 rings (SSSR count). The smallest absolute Gasteiger partial charge is 0.258 e. The lowest BCUT2D eigenvalue weighted by atomic mass is 10.3. The summed E-state index contributed by atoms with van der Waals surface area (Å²) < 4.78 is 7.44. The second-order valence-corrected chi connectivity index (χ2v) is 8.77. The summed E-state index contributed by atoms with van der Waals surface area (Å²) in [6.07, 6.45) is 2.33.